The number of rotatable bonds is 3. The number of fused-ring (bicyclic) bond motifs is 1. The first kappa shape index (κ1) is 11.6. The molecule has 7 nitrogen and oxygen atoms in total. The van der Waals surface area contributed by atoms with Crippen molar-refractivity contribution < 1.29 is 0 Å². The van der Waals surface area contributed by atoms with E-state index in [0.29, 0.717) is 24.3 Å². The summed E-state index contributed by atoms with van der Waals surface area (Å²) in [4.78, 5) is 27.8. The minimum absolute atomic E-state index is 0.322. The summed E-state index contributed by atoms with van der Waals surface area (Å²) in [7, 11) is 3.06. The molecule has 0 saturated carbocycles. The predicted molar refractivity (Wildman–Crippen MR) is 63.9 cm³/mol. The van der Waals surface area contributed by atoms with Crippen molar-refractivity contribution in [1.29, 1.82) is 0 Å². The van der Waals surface area contributed by atoms with E-state index in [4.69, 9.17) is 5.73 Å². The smallest absolute Gasteiger partial charge is 0.330 e. The lowest BCUT2D eigenvalue weighted by atomic mass is 10.4. The molecular formula is C10H15N5O2. The quantitative estimate of drug-likeness (QED) is 0.725. The van der Waals surface area contributed by atoms with E-state index in [2.05, 4.69) is 4.98 Å². The minimum atomic E-state index is -0.369. The molecule has 0 amide bonds. The highest BCUT2D eigenvalue weighted by Gasteiger charge is 2.13. The van der Waals surface area contributed by atoms with E-state index in [-0.39, 0.29) is 11.2 Å². The van der Waals surface area contributed by atoms with Crippen molar-refractivity contribution in [3.63, 3.8) is 0 Å². The number of aryl methyl sites for hydroxylation is 2. The summed E-state index contributed by atoms with van der Waals surface area (Å²) in [5.74, 6) is 0. The van der Waals surface area contributed by atoms with Crippen LogP contribution in [0.2, 0.25) is 0 Å². The minimum Gasteiger partial charge on any atom is -0.330 e. The van der Waals surface area contributed by atoms with Gasteiger partial charge in [-0.1, -0.05) is 0 Å². The second kappa shape index (κ2) is 4.17. The van der Waals surface area contributed by atoms with Gasteiger partial charge in [-0.05, 0) is 13.0 Å². The van der Waals surface area contributed by atoms with Crippen molar-refractivity contribution >= 4 is 11.2 Å². The highest BCUT2D eigenvalue weighted by Crippen LogP contribution is 2.05. The van der Waals surface area contributed by atoms with E-state index < -0.39 is 0 Å². The molecule has 0 atom stereocenters. The Bertz CT molecular complexity index is 664. The average Bonchev–Trinajstić information content (AvgIpc) is 2.75. The van der Waals surface area contributed by atoms with Crippen LogP contribution >= 0.6 is 0 Å². The van der Waals surface area contributed by atoms with Crippen molar-refractivity contribution in [2.75, 3.05) is 6.54 Å². The molecule has 0 unspecified atom stereocenters. The molecule has 0 spiro atoms. The van der Waals surface area contributed by atoms with Gasteiger partial charge in [-0.25, -0.2) is 9.78 Å². The van der Waals surface area contributed by atoms with Crippen LogP contribution in [0, 0.1) is 0 Å². The van der Waals surface area contributed by atoms with Crippen LogP contribution in [0.1, 0.15) is 6.42 Å². The van der Waals surface area contributed by atoms with Gasteiger partial charge < -0.3 is 10.3 Å². The summed E-state index contributed by atoms with van der Waals surface area (Å²) in [6.45, 7) is 1.17. The van der Waals surface area contributed by atoms with Gasteiger partial charge in [-0.2, -0.15) is 0 Å². The van der Waals surface area contributed by atoms with E-state index >= 15 is 0 Å². The van der Waals surface area contributed by atoms with Gasteiger partial charge >= 0.3 is 5.69 Å². The van der Waals surface area contributed by atoms with Gasteiger partial charge in [-0.15, -0.1) is 0 Å². The lowest BCUT2D eigenvalue weighted by Crippen LogP contribution is -2.37. The van der Waals surface area contributed by atoms with E-state index in [1.165, 1.54) is 11.6 Å². The fourth-order valence-corrected chi connectivity index (χ4v) is 1.83. The zero-order valence-corrected chi connectivity index (χ0v) is 9.88. The molecule has 0 saturated heterocycles. The summed E-state index contributed by atoms with van der Waals surface area (Å²) < 4.78 is 4.20. The van der Waals surface area contributed by atoms with Crippen molar-refractivity contribution in [3.8, 4) is 0 Å². The topological polar surface area (TPSA) is 87.8 Å². The average molecular weight is 237 g/mol. The van der Waals surface area contributed by atoms with E-state index in [1.54, 1.807) is 17.9 Å². The maximum atomic E-state index is 12.0. The fourth-order valence-electron chi connectivity index (χ4n) is 1.83. The standard InChI is InChI=1S/C10H15N5O2/c1-13-8-7(9(16)14(2)10(13)17)15(6-12-8)5-3-4-11/h6H,3-5,11H2,1-2H3. The van der Waals surface area contributed by atoms with Crippen LogP contribution in [0.15, 0.2) is 15.9 Å². The first-order valence-corrected chi connectivity index (χ1v) is 5.39. The first-order chi connectivity index (χ1) is 8.07. The Morgan fingerprint density at radius 2 is 2.00 bits per heavy atom. The van der Waals surface area contributed by atoms with Gasteiger partial charge in [0.15, 0.2) is 11.2 Å². The van der Waals surface area contributed by atoms with Crippen LogP contribution in [-0.4, -0.2) is 25.2 Å². The molecule has 2 heterocycles. The third kappa shape index (κ3) is 1.68. The summed E-state index contributed by atoms with van der Waals surface area (Å²) in [6, 6.07) is 0. The molecule has 2 N–H and O–H groups in total. The Morgan fingerprint density at radius 1 is 1.29 bits per heavy atom. The summed E-state index contributed by atoms with van der Waals surface area (Å²) in [5.41, 5.74) is 5.61. The molecule has 0 bridgehead atoms. The Labute approximate surface area is 97.1 Å². The Hall–Kier alpha value is -1.89. The van der Waals surface area contributed by atoms with Crippen LogP contribution < -0.4 is 17.0 Å². The van der Waals surface area contributed by atoms with Crippen molar-refractivity contribution in [1.82, 2.24) is 18.7 Å². The molecule has 0 aliphatic heterocycles. The monoisotopic (exact) mass is 237 g/mol. The predicted octanol–water partition coefficient (Wildman–Crippen LogP) is -1.22. The molecule has 17 heavy (non-hydrogen) atoms. The van der Waals surface area contributed by atoms with Gasteiger partial charge in [-0.3, -0.25) is 13.9 Å². The third-order valence-corrected chi connectivity index (χ3v) is 2.82. The molecule has 7 heteroatoms. The Balaban J connectivity index is 2.77. The number of hydrogen-bond acceptors (Lipinski definition) is 4. The highest BCUT2D eigenvalue weighted by molar-refractivity contribution is 5.69. The number of aromatic nitrogens is 4. The van der Waals surface area contributed by atoms with Gasteiger partial charge in [0.25, 0.3) is 5.56 Å². The van der Waals surface area contributed by atoms with Gasteiger partial charge in [0.2, 0.25) is 0 Å². The molecule has 0 fully saturated rings. The lowest BCUT2D eigenvalue weighted by molar-refractivity contribution is 0.654. The summed E-state index contributed by atoms with van der Waals surface area (Å²) in [6.07, 6.45) is 2.33. The lowest BCUT2D eigenvalue weighted by Gasteiger charge is -2.05. The molecule has 2 aromatic heterocycles. The SMILES string of the molecule is Cn1c(=O)c2c(ncn2CCCN)n(C)c1=O. The number of hydrogen-bond donors (Lipinski definition) is 1. The second-order valence-corrected chi connectivity index (χ2v) is 3.96. The Morgan fingerprint density at radius 3 is 2.65 bits per heavy atom. The Kier molecular flexibility index (Phi) is 2.84. The van der Waals surface area contributed by atoms with Crippen LogP contribution in [0.5, 0.6) is 0 Å². The summed E-state index contributed by atoms with van der Waals surface area (Å²) >= 11 is 0. The number of nitrogens with zero attached hydrogens (tertiary/aromatic N) is 4. The van der Waals surface area contributed by atoms with Crippen LogP contribution in [0.25, 0.3) is 11.2 Å². The van der Waals surface area contributed by atoms with Gasteiger partial charge in [0.05, 0.1) is 6.33 Å². The molecule has 0 aliphatic carbocycles. The van der Waals surface area contributed by atoms with Crippen LogP contribution in [-0.2, 0) is 20.6 Å². The number of nitrogens with two attached hydrogens (primary N) is 1. The van der Waals surface area contributed by atoms with Gasteiger partial charge in [0.1, 0.15) is 0 Å². The zero-order chi connectivity index (χ0) is 12.6. The maximum absolute atomic E-state index is 12.0. The van der Waals surface area contributed by atoms with Gasteiger partial charge in [0, 0.05) is 20.6 Å². The first-order valence-electron chi connectivity index (χ1n) is 5.39. The normalized spacial score (nSPS) is 11.2. The summed E-state index contributed by atoms with van der Waals surface area (Å²) in [5, 5.41) is 0. The largest absolute Gasteiger partial charge is 0.332 e. The third-order valence-electron chi connectivity index (χ3n) is 2.82. The highest BCUT2D eigenvalue weighted by atomic mass is 16.2. The molecule has 92 valence electrons. The molecule has 0 aliphatic rings. The molecule has 0 radical (unpaired) electrons. The van der Waals surface area contributed by atoms with Crippen molar-refractivity contribution in [2.24, 2.45) is 19.8 Å². The fraction of sp³-hybridized carbons (Fsp3) is 0.500. The van der Waals surface area contributed by atoms with E-state index in [9.17, 15) is 9.59 Å². The second-order valence-electron chi connectivity index (χ2n) is 3.96. The zero-order valence-electron chi connectivity index (χ0n) is 9.88. The van der Waals surface area contributed by atoms with Crippen LogP contribution in [0.3, 0.4) is 0 Å². The molecule has 2 aromatic rings. The van der Waals surface area contributed by atoms with Crippen molar-refractivity contribution in [3.05, 3.63) is 27.2 Å². The molecule has 0 aromatic carbocycles. The van der Waals surface area contributed by atoms with E-state index in [1.807, 2.05) is 0 Å². The van der Waals surface area contributed by atoms with Crippen LogP contribution in [0.4, 0.5) is 0 Å². The molecular weight excluding hydrogens is 222 g/mol. The van der Waals surface area contributed by atoms with E-state index in [0.717, 1.165) is 11.0 Å². The maximum Gasteiger partial charge on any atom is 0.332 e. The molecule has 2 rings (SSSR count). The number of imidazole rings is 1. The van der Waals surface area contributed by atoms with Crippen molar-refractivity contribution in [2.45, 2.75) is 13.0 Å².